The van der Waals surface area contributed by atoms with E-state index < -0.39 is 0 Å². The Morgan fingerprint density at radius 2 is 1.70 bits per heavy atom. The van der Waals surface area contributed by atoms with Crippen LogP contribution in [0.15, 0.2) is 54.6 Å². The molecule has 2 aliphatic rings. The van der Waals surface area contributed by atoms with Crippen LogP contribution in [0.4, 0.5) is 10.1 Å². The summed E-state index contributed by atoms with van der Waals surface area (Å²) in [4.78, 5) is 16.6. The van der Waals surface area contributed by atoms with Crippen LogP contribution in [0, 0.1) is 5.82 Å². The van der Waals surface area contributed by atoms with E-state index in [0.29, 0.717) is 6.54 Å². The molecule has 142 valence electrons. The van der Waals surface area contributed by atoms with Crippen LogP contribution in [0.3, 0.4) is 0 Å². The number of nitrogens with zero attached hydrogens (tertiary/aromatic N) is 2. The van der Waals surface area contributed by atoms with Crippen molar-refractivity contribution < 1.29 is 13.9 Å². The molecule has 27 heavy (non-hydrogen) atoms. The first kappa shape index (κ1) is 18.1. The lowest BCUT2D eigenvalue weighted by Gasteiger charge is -2.47. The molecule has 0 unspecified atom stereocenters. The van der Waals surface area contributed by atoms with Gasteiger partial charge in [0.15, 0.2) is 0 Å². The highest BCUT2D eigenvalue weighted by Crippen LogP contribution is 2.32. The number of hydrogen-bond donors (Lipinski definition) is 0. The quantitative estimate of drug-likeness (QED) is 0.830. The van der Waals surface area contributed by atoms with Crippen LogP contribution in [-0.4, -0.2) is 49.2 Å². The van der Waals surface area contributed by atoms with Gasteiger partial charge >= 0.3 is 0 Å². The predicted molar refractivity (Wildman–Crippen MR) is 103 cm³/mol. The Bertz CT molecular complexity index is 771. The minimum absolute atomic E-state index is 0.0567. The number of amides is 1. The molecule has 2 aliphatic heterocycles. The first-order valence-corrected chi connectivity index (χ1v) is 9.60. The third-order valence-electron chi connectivity index (χ3n) is 5.71. The maximum atomic E-state index is 13.2. The molecule has 0 aromatic heterocycles. The molecule has 0 aliphatic carbocycles. The average molecular weight is 368 g/mol. The van der Waals surface area contributed by atoms with Crippen molar-refractivity contribution in [2.24, 2.45) is 0 Å². The highest BCUT2D eigenvalue weighted by molar-refractivity contribution is 5.95. The Morgan fingerprint density at radius 1 is 1.00 bits per heavy atom. The SMILES string of the molecule is O=C1COC2(CCN(CCc3ccccc3)CC2)CN1c1ccc(F)cc1. The van der Waals surface area contributed by atoms with Crippen LogP contribution in [0.25, 0.3) is 0 Å². The smallest absolute Gasteiger partial charge is 0.253 e. The molecule has 2 saturated heterocycles. The Labute approximate surface area is 159 Å². The molecule has 0 saturated carbocycles. The monoisotopic (exact) mass is 368 g/mol. The van der Waals surface area contributed by atoms with E-state index in [1.54, 1.807) is 17.0 Å². The van der Waals surface area contributed by atoms with Crippen LogP contribution in [0.1, 0.15) is 18.4 Å². The van der Waals surface area contributed by atoms with E-state index in [1.807, 2.05) is 6.07 Å². The minimum atomic E-state index is -0.291. The third-order valence-corrected chi connectivity index (χ3v) is 5.71. The van der Waals surface area contributed by atoms with Crippen molar-refractivity contribution in [3.8, 4) is 0 Å². The number of benzene rings is 2. The van der Waals surface area contributed by atoms with Gasteiger partial charge in [0.25, 0.3) is 5.91 Å². The van der Waals surface area contributed by atoms with Gasteiger partial charge < -0.3 is 14.5 Å². The van der Waals surface area contributed by atoms with E-state index >= 15 is 0 Å². The summed E-state index contributed by atoms with van der Waals surface area (Å²) in [7, 11) is 0. The number of ether oxygens (including phenoxy) is 1. The van der Waals surface area contributed by atoms with Gasteiger partial charge in [0.05, 0.1) is 12.1 Å². The fourth-order valence-electron chi connectivity index (χ4n) is 3.99. The summed E-state index contributed by atoms with van der Waals surface area (Å²) in [6, 6.07) is 16.7. The summed E-state index contributed by atoms with van der Waals surface area (Å²) in [5, 5.41) is 0. The number of rotatable bonds is 4. The first-order chi connectivity index (χ1) is 13.1. The molecule has 4 nitrogen and oxygen atoms in total. The van der Waals surface area contributed by atoms with Gasteiger partial charge in [-0.25, -0.2) is 4.39 Å². The number of halogens is 1. The van der Waals surface area contributed by atoms with Crippen molar-refractivity contribution in [3.05, 3.63) is 66.0 Å². The normalized spacial score (nSPS) is 20.2. The summed E-state index contributed by atoms with van der Waals surface area (Å²) >= 11 is 0. The molecule has 1 amide bonds. The number of hydrogen-bond acceptors (Lipinski definition) is 3. The van der Waals surface area contributed by atoms with Gasteiger partial charge in [-0.15, -0.1) is 0 Å². The lowest BCUT2D eigenvalue weighted by molar-refractivity contribution is -0.144. The zero-order valence-corrected chi connectivity index (χ0v) is 15.4. The van der Waals surface area contributed by atoms with E-state index in [-0.39, 0.29) is 23.9 Å². The molecule has 2 fully saturated rings. The molecule has 4 rings (SSSR count). The highest BCUT2D eigenvalue weighted by atomic mass is 19.1. The van der Waals surface area contributed by atoms with Crippen molar-refractivity contribution in [2.45, 2.75) is 24.9 Å². The van der Waals surface area contributed by atoms with Crippen LogP contribution in [0.2, 0.25) is 0 Å². The predicted octanol–water partition coefficient (Wildman–Crippen LogP) is 3.27. The van der Waals surface area contributed by atoms with Gasteiger partial charge in [0.1, 0.15) is 12.4 Å². The molecular weight excluding hydrogens is 343 g/mol. The Hall–Kier alpha value is -2.24. The van der Waals surface area contributed by atoms with Gasteiger partial charge in [-0.2, -0.15) is 0 Å². The average Bonchev–Trinajstić information content (AvgIpc) is 2.71. The van der Waals surface area contributed by atoms with Crippen molar-refractivity contribution in [1.82, 2.24) is 4.90 Å². The molecule has 2 aromatic carbocycles. The molecule has 5 heteroatoms. The van der Waals surface area contributed by atoms with Crippen LogP contribution in [0.5, 0.6) is 0 Å². The van der Waals surface area contributed by atoms with Crippen LogP contribution >= 0.6 is 0 Å². The topological polar surface area (TPSA) is 32.8 Å². The summed E-state index contributed by atoms with van der Waals surface area (Å²) in [5.74, 6) is -0.348. The number of piperidine rings is 1. The van der Waals surface area contributed by atoms with Gasteiger partial charge in [-0.05, 0) is 49.1 Å². The molecule has 0 radical (unpaired) electrons. The molecular formula is C22H25FN2O2. The van der Waals surface area contributed by atoms with E-state index in [9.17, 15) is 9.18 Å². The van der Waals surface area contributed by atoms with Gasteiger partial charge in [-0.3, -0.25) is 4.79 Å². The molecule has 2 heterocycles. The number of anilines is 1. The van der Waals surface area contributed by atoms with Crippen molar-refractivity contribution >= 4 is 11.6 Å². The maximum absolute atomic E-state index is 13.2. The Morgan fingerprint density at radius 3 is 2.41 bits per heavy atom. The summed E-state index contributed by atoms with van der Waals surface area (Å²) in [5.41, 5.74) is 1.82. The zero-order valence-electron chi connectivity index (χ0n) is 15.4. The summed E-state index contributed by atoms with van der Waals surface area (Å²) in [6.45, 7) is 3.63. The number of likely N-dealkylation sites (tertiary alicyclic amines) is 1. The van der Waals surface area contributed by atoms with Crippen LogP contribution in [-0.2, 0) is 16.0 Å². The molecule has 0 bridgehead atoms. The first-order valence-electron chi connectivity index (χ1n) is 9.60. The van der Waals surface area contributed by atoms with E-state index in [2.05, 4.69) is 29.2 Å². The van der Waals surface area contributed by atoms with Crippen molar-refractivity contribution in [3.63, 3.8) is 0 Å². The van der Waals surface area contributed by atoms with Crippen molar-refractivity contribution in [2.75, 3.05) is 37.7 Å². The standard InChI is InChI=1S/C22H25FN2O2/c23-19-6-8-20(9-7-19)25-17-22(27-16-21(25)26)11-14-24(15-12-22)13-10-18-4-2-1-3-5-18/h1-9H,10-17H2. The lowest BCUT2D eigenvalue weighted by atomic mass is 9.89. The largest absolute Gasteiger partial charge is 0.363 e. The Kier molecular flexibility index (Phi) is 5.23. The van der Waals surface area contributed by atoms with Crippen LogP contribution < -0.4 is 4.90 Å². The number of morpholine rings is 1. The maximum Gasteiger partial charge on any atom is 0.253 e. The molecule has 0 N–H and O–H groups in total. The summed E-state index contributed by atoms with van der Waals surface area (Å²) in [6.07, 6.45) is 2.87. The van der Waals surface area contributed by atoms with Gasteiger partial charge in [0.2, 0.25) is 0 Å². The minimum Gasteiger partial charge on any atom is -0.363 e. The van der Waals surface area contributed by atoms with Gasteiger partial charge in [0, 0.05) is 25.3 Å². The fraction of sp³-hybridized carbons (Fsp3) is 0.409. The Balaban J connectivity index is 1.35. The molecule has 0 atom stereocenters. The second kappa shape index (κ2) is 7.79. The van der Waals surface area contributed by atoms with E-state index in [0.717, 1.165) is 44.6 Å². The fourth-order valence-corrected chi connectivity index (χ4v) is 3.99. The number of carbonyl (C=O) groups excluding carboxylic acids is 1. The zero-order chi connectivity index (χ0) is 18.7. The highest BCUT2D eigenvalue weighted by Gasteiger charge is 2.42. The molecule has 2 aromatic rings. The lowest BCUT2D eigenvalue weighted by Crippen LogP contribution is -2.59. The van der Waals surface area contributed by atoms with E-state index in [4.69, 9.17) is 4.74 Å². The van der Waals surface area contributed by atoms with Crippen molar-refractivity contribution in [1.29, 1.82) is 0 Å². The number of carbonyl (C=O) groups is 1. The second-order valence-electron chi connectivity index (χ2n) is 7.51. The van der Waals surface area contributed by atoms with Gasteiger partial charge in [-0.1, -0.05) is 30.3 Å². The van der Waals surface area contributed by atoms with E-state index in [1.165, 1.54) is 17.7 Å². The third kappa shape index (κ3) is 4.20. The second-order valence-corrected chi connectivity index (χ2v) is 7.51. The summed E-state index contributed by atoms with van der Waals surface area (Å²) < 4.78 is 19.2. The molecule has 1 spiro atoms.